The van der Waals surface area contributed by atoms with Crippen LogP contribution >= 0.6 is 0 Å². The van der Waals surface area contributed by atoms with E-state index in [4.69, 9.17) is 14.7 Å². The van der Waals surface area contributed by atoms with E-state index in [-0.39, 0.29) is 12.1 Å². The van der Waals surface area contributed by atoms with Crippen molar-refractivity contribution in [1.82, 2.24) is 9.88 Å². The molecule has 0 saturated carbocycles. The molecule has 0 aliphatic carbocycles. The van der Waals surface area contributed by atoms with Crippen molar-refractivity contribution in [2.24, 2.45) is 0 Å². The standard InChI is InChI=1S/C28H30N4O3/c1-21(2)35-28(33)26-4-3-13-30-27(26)32-16-14-31(15-17-32)19-23-5-7-24(8-6-23)20-34-25-11-9-22(18-29)10-12-25/h3-13,21H,14-17,19-20H2,1-2H3. The molecule has 0 bridgehead atoms. The number of hydrogen-bond acceptors (Lipinski definition) is 7. The van der Waals surface area contributed by atoms with Crippen LogP contribution < -0.4 is 9.64 Å². The molecule has 1 saturated heterocycles. The quantitative estimate of drug-likeness (QED) is 0.451. The lowest BCUT2D eigenvalue weighted by atomic mass is 10.1. The number of rotatable bonds is 8. The van der Waals surface area contributed by atoms with Crippen LogP contribution in [0.2, 0.25) is 0 Å². The van der Waals surface area contributed by atoms with E-state index < -0.39 is 0 Å². The molecule has 180 valence electrons. The highest BCUT2D eigenvalue weighted by molar-refractivity contribution is 5.94. The van der Waals surface area contributed by atoms with Gasteiger partial charge in [0.15, 0.2) is 0 Å². The third-order valence-electron chi connectivity index (χ3n) is 5.84. The van der Waals surface area contributed by atoms with Crippen LogP contribution in [0.5, 0.6) is 5.75 Å². The number of ether oxygens (including phenoxy) is 2. The zero-order valence-electron chi connectivity index (χ0n) is 20.2. The fourth-order valence-corrected chi connectivity index (χ4v) is 4.00. The van der Waals surface area contributed by atoms with Crippen molar-refractivity contribution in [2.45, 2.75) is 33.1 Å². The minimum Gasteiger partial charge on any atom is -0.489 e. The number of carbonyl (C=O) groups excluding carboxylic acids is 1. The first-order chi connectivity index (χ1) is 17.0. The van der Waals surface area contributed by atoms with Crippen LogP contribution in [0.15, 0.2) is 66.9 Å². The molecule has 1 aliphatic rings. The number of nitriles is 1. The molecular formula is C28H30N4O3. The largest absolute Gasteiger partial charge is 0.489 e. The first kappa shape index (κ1) is 24.2. The van der Waals surface area contributed by atoms with Crippen molar-refractivity contribution in [1.29, 1.82) is 5.26 Å². The Morgan fingerprint density at radius 3 is 2.34 bits per heavy atom. The third-order valence-corrected chi connectivity index (χ3v) is 5.84. The summed E-state index contributed by atoms with van der Waals surface area (Å²) >= 11 is 0. The summed E-state index contributed by atoms with van der Waals surface area (Å²) < 4.78 is 11.2. The molecule has 0 amide bonds. The summed E-state index contributed by atoms with van der Waals surface area (Å²) in [5, 5.41) is 8.89. The van der Waals surface area contributed by atoms with Crippen LogP contribution in [-0.4, -0.2) is 48.1 Å². The van der Waals surface area contributed by atoms with Crippen LogP contribution in [0.4, 0.5) is 5.82 Å². The van der Waals surface area contributed by atoms with E-state index in [1.807, 2.05) is 26.0 Å². The molecule has 2 heterocycles. The number of anilines is 1. The minimum atomic E-state index is -0.325. The Hall–Kier alpha value is -3.89. The van der Waals surface area contributed by atoms with E-state index >= 15 is 0 Å². The average molecular weight is 471 g/mol. The molecular weight excluding hydrogens is 440 g/mol. The van der Waals surface area contributed by atoms with Crippen molar-refractivity contribution in [3.63, 3.8) is 0 Å². The molecule has 3 aromatic rings. The molecule has 7 nitrogen and oxygen atoms in total. The zero-order valence-corrected chi connectivity index (χ0v) is 20.2. The maximum atomic E-state index is 12.5. The van der Waals surface area contributed by atoms with Gasteiger partial charge in [0.05, 0.1) is 17.7 Å². The number of piperazine rings is 1. The van der Waals surface area contributed by atoms with E-state index in [9.17, 15) is 4.79 Å². The van der Waals surface area contributed by atoms with Gasteiger partial charge in [-0.3, -0.25) is 4.90 Å². The normalized spacial score (nSPS) is 13.9. The van der Waals surface area contributed by atoms with E-state index in [1.54, 1.807) is 30.5 Å². The lowest BCUT2D eigenvalue weighted by molar-refractivity contribution is 0.0378. The van der Waals surface area contributed by atoms with Gasteiger partial charge in [-0.2, -0.15) is 5.26 Å². The number of hydrogen-bond donors (Lipinski definition) is 0. The minimum absolute atomic E-state index is 0.165. The van der Waals surface area contributed by atoms with Gasteiger partial charge in [-0.25, -0.2) is 9.78 Å². The van der Waals surface area contributed by atoms with Crippen molar-refractivity contribution in [3.05, 3.63) is 89.1 Å². The smallest absolute Gasteiger partial charge is 0.342 e. The van der Waals surface area contributed by atoms with E-state index in [2.05, 4.69) is 45.1 Å². The second kappa shape index (κ2) is 11.5. The summed E-state index contributed by atoms with van der Waals surface area (Å²) in [6.45, 7) is 8.43. The van der Waals surface area contributed by atoms with Gasteiger partial charge in [0.1, 0.15) is 23.7 Å². The van der Waals surface area contributed by atoms with Crippen LogP contribution in [0.25, 0.3) is 0 Å². The summed E-state index contributed by atoms with van der Waals surface area (Å²) in [7, 11) is 0. The Labute approximate surface area is 206 Å². The Morgan fingerprint density at radius 2 is 1.69 bits per heavy atom. The van der Waals surface area contributed by atoms with Gasteiger partial charge in [-0.05, 0) is 61.4 Å². The SMILES string of the molecule is CC(C)OC(=O)c1cccnc1N1CCN(Cc2ccc(COc3ccc(C#N)cc3)cc2)CC1. The highest BCUT2D eigenvalue weighted by atomic mass is 16.5. The van der Waals surface area contributed by atoms with Gasteiger partial charge in [0.2, 0.25) is 0 Å². The lowest BCUT2D eigenvalue weighted by Gasteiger charge is -2.36. The summed E-state index contributed by atoms with van der Waals surface area (Å²) in [5.74, 6) is 1.12. The molecule has 0 radical (unpaired) electrons. The van der Waals surface area contributed by atoms with Crippen LogP contribution in [0.3, 0.4) is 0 Å². The third kappa shape index (κ3) is 6.58. The van der Waals surface area contributed by atoms with Crippen molar-refractivity contribution in [3.8, 4) is 11.8 Å². The van der Waals surface area contributed by atoms with E-state index in [1.165, 1.54) is 5.56 Å². The lowest BCUT2D eigenvalue weighted by Crippen LogP contribution is -2.46. The molecule has 1 aromatic heterocycles. The fourth-order valence-electron chi connectivity index (χ4n) is 4.00. The zero-order chi connectivity index (χ0) is 24.6. The highest BCUT2D eigenvalue weighted by Gasteiger charge is 2.23. The molecule has 2 aromatic carbocycles. The first-order valence-corrected chi connectivity index (χ1v) is 11.9. The fraction of sp³-hybridized carbons (Fsp3) is 0.321. The molecule has 0 spiro atoms. The molecule has 0 N–H and O–H groups in total. The van der Waals surface area contributed by atoms with Crippen molar-refractivity contribution < 1.29 is 14.3 Å². The van der Waals surface area contributed by atoms with Gasteiger partial charge in [0.25, 0.3) is 0 Å². The predicted octanol–water partition coefficient (Wildman–Crippen LogP) is 4.42. The Kier molecular flexibility index (Phi) is 7.96. The number of pyridine rings is 1. The van der Waals surface area contributed by atoms with Crippen LogP contribution in [-0.2, 0) is 17.9 Å². The Bertz CT molecular complexity index is 1160. The van der Waals surface area contributed by atoms with Gasteiger partial charge < -0.3 is 14.4 Å². The molecule has 1 aliphatic heterocycles. The average Bonchev–Trinajstić information content (AvgIpc) is 2.89. The number of nitrogens with zero attached hydrogens (tertiary/aromatic N) is 4. The summed E-state index contributed by atoms with van der Waals surface area (Å²) in [6, 6.07) is 21.3. The maximum absolute atomic E-state index is 12.5. The maximum Gasteiger partial charge on any atom is 0.342 e. The number of aromatic nitrogens is 1. The van der Waals surface area contributed by atoms with Crippen molar-refractivity contribution in [2.75, 3.05) is 31.1 Å². The Balaban J connectivity index is 1.28. The molecule has 35 heavy (non-hydrogen) atoms. The van der Waals surface area contributed by atoms with Gasteiger partial charge in [-0.1, -0.05) is 24.3 Å². The number of benzene rings is 2. The highest BCUT2D eigenvalue weighted by Crippen LogP contribution is 2.21. The van der Waals surface area contributed by atoms with Gasteiger partial charge in [0, 0.05) is 38.9 Å². The predicted molar refractivity (Wildman–Crippen MR) is 134 cm³/mol. The Morgan fingerprint density at radius 1 is 1.00 bits per heavy atom. The summed E-state index contributed by atoms with van der Waals surface area (Å²) in [5.41, 5.74) is 3.49. The number of carbonyl (C=O) groups is 1. The molecule has 1 fully saturated rings. The van der Waals surface area contributed by atoms with Crippen molar-refractivity contribution >= 4 is 11.8 Å². The van der Waals surface area contributed by atoms with Gasteiger partial charge in [-0.15, -0.1) is 0 Å². The second-order valence-corrected chi connectivity index (χ2v) is 8.83. The summed E-state index contributed by atoms with van der Waals surface area (Å²) in [4.78, 5) is 21.5. The van der Waals surface area contributed by atoms with E-state index in [0.29, 0.717) is 23.6 Å². The molecule has 0 atom stereocenters. The monoisotopic (exact) mass is 470 g/mol. The second-order valence-electron chi connectivity index (χ2n) is 8.83. The number of esters is 1. The van der Waals surface area contributed by atoms with Crippen LogP contribution in [0, 0.1) is 11.3 Å². The first-order valence-electron chi connectivity index (χ1n) is 11.9. The van der Waals surface area contributed by atoms with E-state index in [0.717, 1.165) is 44.0 Å². The van der Waals surface area contributed by atoms with Gasteiger partial charge >= 0.3 is 5.97 Å². The van der Waals surface area contributed by atoms with Crippen LogP contribution in [0.1, 0.15) is 40.9 Å². The topological polar surface area (TPSA) is 78.7 Å². The molecule has 0 unspecified atom stereocenters. The molecule has 4 rings (SSSR count). The summed E-state index contributed by atoms with van der Waals surface area (Å²) in [6.07, 6.45) is 1.56. The molecule has 7 heteroatoms.